The van der Waals surface area contributed by atoms with Gasteiger partial charge in [-0.05, 0) is 24.1 Å². The lowest BCUT2D eigenvalue weighted by atomic mass is 10.1. The van der Waals surface area contributed by atoms with Crippen LogP contribution in [0.1, 0.15) is 18.9 Å². The number of alkyl halides is 2. The molecule has 0 radical (unpaired) electrons. The molecule has 0 spiro atoms. The molecule has 1 amide bonds. The van der Waals surface area contributed by atoms with E-state index < -0.39 is 6.61 Å². The molecule has 0 fully saturated rings. The first-order valence-electron chi connectivity index (χ1n) is 5.42. The van der Waals surface area contributed by atoms with Gasteiger partial charge in [0.05, 0.1) is 6.42 Å². The van der Waals surface area contributed by atoms with E-state index in [1.807, 2.05) is 6.92 Å². The van der Waals surface area contributed by atoms with Gasteiger partial charge >= 0.3 is 6.61 Å². The summed E-state index contributed by atoms with van der Waals surface area (Å²) in [6.45, 7) is -0.212. The maximum absolute atomic E-state index is 11.9. The van der Waals surface area contributed by atoms with E-state index in [4.69, 9.17) is 0 Å². The summed E-state index contributed by atoms with van der Waals surface area (Å²) in [6.07, 6.45) is 1.13. The molecule has 0 unspecified atom stereocenters. The van der Waals surface area contributed by atoms with Crippen LogP contribution in [-0.4, -0.2) is 19.1 Å². The quantitative estimate of drug-likeness (QED) is 0.833. The molecule has 94 valence electrons. The van der Waals surface area contributed by atoms with Gasteiger partial charge in [-0.15, -0.1) is 0 Å². The number of carbonyl (C=O) groups excluding carboxylic acids is 1. The molecule has 0 aliphatic heterocycles. The summed E-state index contributed by atoms with van der Waals surface area (Å²) in [5.41, 5.74) is 0.764. The Bertz CT molecular complexity index is 352. The van der Waals surface area contributed by atoms with Crippen LogP contribution >= 0.6 is 0 Å². The molecule has 1 rings (SSSR count). The average molecular weight is 243 g/mol. The van der Waals surface area contributed by atoms with Crippen molar-refractivity contribution in [2.45, 2.75) is 26.4 Å². The molecule has 0 aliphatic rings. The predicted molar refractivity (Wildman–Crippen MR) is 60.1 cm³/mol. The second-order valence-electron chi connectivity index (χ2n) is 3.55. The van der Waals surface area contributed by atoms with Crippen molar-refractivity contribution in [2.75, 3.05) is 6.54 Å². The van der Waals surface area contributed by atoms with Crippen molar-refractivity contribution >= 4 is 5.91 Å². The number of ether oxygens (including phenoxy) is 1. The molecule has 17 heavy (non-hydrogen) atoms. The van der Waals surface area contributed by atoms with Gasteiger partial charge in [-0.25, -0.2) is 0 Å². The van der Waals surface area contributed by atoms with Crippen LogP contribution in [0.2, 0.25) is 0 Å². The van der Waals surface area contributed by atoms with E-state index in [1.165, 1.54) is 12.1 Å². The summed E-state index contributed by atoms with van der Waals surface area (Å²) in [5, 5.41) is 2.74. The molecular weight excluding hydrogens is 228 g/mol. The number of benzene rings is 1. The second kappa shape index (κ2) is 6.83. The first kappa shape index (κ1) is 13.4. The lowest BCUT2D eigenvalue weighted by Gasteiger charge is -2.06. The van der Waals surface area contributed by atoms with Crippen LogP contribution in [0.15, 0.2) is 24.3 Å². The van der Waals surface area contributed by atoms with Crippen molar-refractivity contribution in [1.29, 1.82) is 0 Å². The van der Waals surface area contributed by atoms with Crippen molar-refractivity contribution < 1.29 is 18.3 Å². The van der Waals surface area contributed by atoms with Gasteiger partial charge in [0.15, 0.2) is 0 Å². The molecule has 0 aromatic heterocycles. The summed E-state index contributed by atoms with van der Waals surface area (Å²) < 4.78 is 28.0. The number of amides is 1. The highest BCUT2D eigenvalue weighted by Crippen LogP contribution is 2.15. The van der Waals surface area contributed by atoms with Crippen molar-refractivity contribution in [2.24, 2.45) is 0 Å². The van der Waals surface area contributed by atoms with Crippen LogP contribution in [0, 0.1) is 0 Å². The highest BCUT2D eigenvalue weighted by molar-refractivity contribution is 5.78. The fraction of sp³-hybridized carbons (Fsp3) is 0.417. The molecular formula is C12H15F2NO2. The molecule has 0 atom stereocenters. The maximum Gasteiger partial charge on any atom is 0.387 e. The van der Waals surface area contributed by atoms with Crippen LogP contribution in [0.5, 0.6) is 5.75 Å². The van der Waals surface area contributed by atoms with E-state index in [0.717, 1.165) is 12.0 Å². The van der Waals surface area contributed by atoms with E-state index in [-0.39, 0.29) is 18.1 Å². The Balaban J connectivity index is 2.47. The third-order valence-electron chi connectivity index (χ3n) is 2.09. The monoisotopic (exact) mass is 243 g/mol. The van der Waals surface area contributed by atoms with E-state index in [9.17, 15) is 13.6 Å². The molecule has 0 heterocycles. The molecule has 0 saturated carbocycles. The highest BCUT2D eigenvalue weighted by atomic mass is 19.3. The van der Waals surface area contributed by atoms with E-state index in [0.29, 0.717) is 6.54 Å². The SMILES string of the molecule is CCCNC(=O)Cc1ccc(OC(F)F)cc1. The van der Waals surface area contributed by atoms with Crippen molar-refractivity contribution in [3.63, 3.8) is 0 Å². The molecule has 5 heteroatoms. The average Bonchev–Trinajstić information content (AvgIpc) is 2.28. The van der Waals surface area contributed by atoms with Gasteiger partial charge in [0, 0.05) is 6.54 Å². The minimum Gasteiger partial charge on any atom is -0.435 e. The number of rotatable bonds is 6. The number of carbonyl (C=O) groups is 1. The van der Waals surface area contributed by atoms with Gasteiger partial charge in [-0.2, -0.15) is 8.78 Å². The summed E-state index contributed by atoms with van der Waals surface area (Å²) in [6, 6.07) is 6.05. The summed E-state index contributed by atoms with van der Waals surface area (Å²) >= 11 is 0. The van der Waals surface area contributed by atoms with Gasteiger partial charge < -0.3 is 10.1 Å². The maximum atomic E-state index is 11.9. The fourth-order valence-electron chi connectivity index (χ4n) is 1.30. The van der Waals surface area contributed by atoms with Crippen LogP contribution in [-0.2, 0) is 11.2 Å². The zero-order valence-corrected chi connectivity index (χ0v) is 9.58. The summed E-state index contributed by atoms with van der Waals surface area (Å²) in [5.74, 6) is 0.0205. The Morgan fingerprint density at radius 2 is 2.00 bits per heavy atom. The van der Waals surface area contributed by atoms with Crippen LogP contribution in [0.4, 0.5) is 8.78 Å². The van der Waals surface area contributed by atoms with Crippen molar-refractivity contribution in [3.05, 3.63) is 29.8 Å². The third kappa shape index (κ3) is 5.29. The molecule has 1 aromatic carbocycles. The topological polar surface area (TPSA) is 38.3 Å². The summed E-state index contributed by atoms with van der Waals surface area (Å²) in [7, 11) is 0. The van der Waals surface area contributed by atoms with E-state index in [2.05, 4.69) is 10.1 Å². The molecule has 0 bridgehead atoms. The molecule has 3 nitrogen and oxygen atoms in total. The van der Waals surface area contributed by atoms with Crippen molar-refractivity contribution in [1.82, 2.24) is 5.32 Å². The minimum atomic E-state index is -2.83. The lowest BCUT2D eigenvalue weighted by Crippen LogP contribution is -2.25. The first-order chi connectivity index (χ1) is 8.11. The Kier molecular flexibility index (Phi) is 5.39. The standard InChI is InChI=1S/C12H15F2NO2/c1-2-7-15-11(16)8-9-3-5-10(6-4-9)17-12(13)14/h3-6,12H,2,7-8H2,1H3,(H,15,16). The van der Waals surface area contributed by atoms with E-state index >= 15 is 0 Å². The summed E-state index contributed by atoms with van der Waals surface area (Å²) in [4.78, 5) is 11.4. The fourth-order valence-corrected chi connectivity index (χ4v) is 1.30. The number of nitrogens with one attached hydrogen (secondary N) is 1. The smallest absolute Gasteiger partial charge is 0.387 e. The van der Waals surface area contributed by atoms with Gasteiger partial charge in [0.25, 0.3) is 0 Å². The van der Waals surface area contributed by atoms with Gasteiger partial charge in [0.2, 0.25) is 5.91 Å². The minimum absolute atomic E-state index is 0.0747. The van der Waals surface area contributed by atoms with Crippen molar-refractivity contribution in [3.8, 4) is 5.75 Å². The number of halogens is 2. The van der Waals surface area contributed by atoms with Gasteiger partial charge in [0.1, 0.15) is 5.75 Å². The molecule has 1 aromatic rings. The Hall–Kier alpha value is -1.65. The highest BCUT2D eigenvalue weighted by Gasteiger charge is 2.05. The zero-order chi connectivity index (χ0) is 12.7. The lowest BCUT2D eigenvalue weighted by molar-refractivity contribution is -0.120. The third-order valence-corrected chi connectivity index (χ3v) is 2.09. The number of hydrogen-bond donors (Lipinski definition) is 1. The molecule has 1 N–H and O–H groups in total. The Labute approximate surface area is 98.8 Å². The Morgan fingerprint density at radius 1 is 1.35 bits per heavy atom. The second-order valence-corrected chi connectivity index (χ2v) is 3.55. The molecule has 0 aliphatic carbocycles. The normalized spacial score (nSPS) is 10.4. The molecule has 0 saturated heterocycles. The van der Waals surface area contributed by atoms with Crippen LogP contribution in [0.3, 0.4) is 0 Å². The first-order valence-corrected chi connectivity index (χ1v) is 5.42. The van der Waals surface area contributed by atoms with Crippen LogP contribution < -0.4 is 10.1 Å². The largest absolute Gasteiger partial charge is 0.435 e. The zero-order valence-electron chi connectivity index (χ0n) is 9.58. The van der Waals surface area contributed by atoms with E-state index in [1.54, 1.807) is 12.1 Å². The van der Waals surface area contributed by atoms with Gasteiger partial charge in [-0.3, -0.25) is 4.79 Å². The predicted octanol–water partition coefficient (Wildman–Crippen LogP) is 2.36. The van der Waals surface area contributed by atoms with Crippen LogP contribution in [0.25, 0.3) is 0 Å². The Morgan fingerprint density at radius 3 is 2.53 bits per heavy atom. The number of hydrogen-bond acceptors (Lipinski definition) is 2. The van der Waals surface area contributed by atoms with Gasteiger partial charge in [-0.1, -0.05) is 19.1 Å².